The third-order valence-electron chi connectivity index (χ3n) is 2.06. The molecular formula is C9H8N2O3S. The molecule has 0 aliphatic heterocycles. The van der Waals surface area contributed by atoms with Gasteiger partial charge in [-0.1, -0.05) is 6.07 Å². The summed E-state index contributed by atoms with van der Waals surface area (Å²) in [6, 6.07) is 3.55. The molecule has 0 radical (unpaired) electrons. The maximum atomic E-state index is 10.3. The molecule has 2 rings (SSSR count). The number of fused-ring (bicyclic) bond motifs is 1. The second kappa shape index (κ2) is 3.92. The smallest absolute Gasteiger partial charge is 0.233 e. The molecule has 2 aromatic heterocycles. The molecule has 15 heavy (non-hydrogen) atoms. The Morgan fingerprint density at radius 2 is 2.47 bits per heavy atom. The lowest BCUT2D eigenvalue weighted by Crippen LogP contribution is -2.11. The number of aromatic nitrogens is 1. The van der Waals surface area contributed by atoms with Crippen LogP contribution in [0.2, 0.25) is 0 Å². The van der Waals surface area contributed by atoms with Crippen molar-refractivity contribution in [2.24, 2.45) is 0 Å². The average Bonchev–Trinajstić information content (AvgIpc) is 2.59. The number of rotatable bonds is 3. The second-order valence-electron chi connectivity index (χ2n) is 3.08. The molecular weight excluding hydrogens is 216 g/mol. The fraction of sp³-hybridized carbons (Fsp3) is 0.222. The predicted octanol–water partition coefficient (Wildman–Crippen LogP) is 1.61. The monoisotopic (exact) mass is 224 g/mol. The van der Waals surface area contributed by atoms with E-state index in [0.717, 1.165) is 10.2 Å². The van der Waals surface area contributed by atoms with Crippen LogP contribution in [0, 0.1) is 10.1 Å². The number of aliphatic hydroxyl groups excluding tert-OH is 1. The number of nitrogens with zero attached hydrogens (tertiary/aromatic N) is 2. The van der Waals surface area contributed by atoms with E-state index in [-0.39, 0.29) is 0 Å². The molecule has 1 unspecified atom stereocenters. The van der Waals surface area contributed by atoms with Crippen LogP contribution in [0.25, 0.3) is 10.2 Å². The first kappa shape index (κ1) is 10.0. The van der Waals surface area contributed by atoms with E-state index in [0.29, 0.717) is 5.56 Å². The average molecular weight is 224 g/mol. The number of pyridine rings is 1. The normalized spacial score (nSPS) is 12.9. The van der Waals surface area contributed by atoms with Gasteiger partial charge < -0.3 is 5.11 Å². The zero-order chi connectivity index (χ0) is 10.8. The van der Waals surface area contributed by atoms with Gasteiger partial charge in [-0.05, 0) is 11.4 Å². The van der Waals surface area contributed by atoms with Gasteiger partial charge >= 0.3 is 0 Å². The topological polar surface area (TPSA) is 76.3 Å². The van der Waals surface area contributed by atoms with Gasteiger partial charge in [0.1, 0.15) is 10.9 Å². The Labute approximate surface area is 89.2 Å². The Kier molecular flexibility index (Phi) is 2.61. The Hall–Kier alpha value is -1.53. The molecule has 0 saturated heterocycles. The van der Waals surface area contributed by atoms with Crippen LogP contribution in [0.15, 0.2) is 23.7 Å². The second-order valence-corrected chi connectivity index (χ2v) is 3.94. The Morgan fingerprint density at radius 3 is 3.20 bits per heavy atom. The van der Waals surface area contributed by atoms with Crippen molar-refractivity contribution in [2.75, 3.05) is 6.54 Å². The van der Waals surface area contributed by atoms with Crippen molar-refractivity contribution in [1.82, 2.24) is 4.98 Å². The molecule has 0 fully saturated rings. The maximum absolute atomic E-state index is 10.3. The molecule has 1 N–H and O–H groups in total. The lowest BCUT2D eigenvalue weighted by molar-refractivity contribution is -0.491. The van der Waals surface area contributed by atoms with Crippen LogP contribution in [0.4, 0.5) is 0 Å². The highest BCUT2D eigenvalue weighted by Gasteiger charge is 2.18. The van der Waals surface area contributed by atoms with Gasteiger partial charge in [-0.25, -0.2) is 4.98 Å². The van der Waals surface area contributed by atoms with Gasteiger partial charge in [-0.15, -0.1) is 11.3 Å². The number of hydrogen-bond donors (Lipinski definition) is 1. The van der Waals surface area contributed by atoms with Crippen LogP contribution in [0.1, 0.15) is 11.7 Å². The third kappa shape index (κ3) is 1.95. The lowest BCUT2D eigenvalue weighted by atomic mass is 10.1. The van der Waals surface area contributed by atoms with Crippen LogP contribution >= 0.6 is 11.3 Å². The number of aliphatic hydroxyl groups is 1. The van der Waals surface area contributed by atoms with Crippen LogP contribution < -0.4 is 0 Å². The first-order valence-corrected chi connectivity index (χ1v) is 5.18. The van der Waals surface area contributed by atoms with Crippen LogP contribution in [0.5, 0.6) is 0 Å². The van der Waals surface area contributed by atoms with Gasteiger partial charge in [0.25, 0.3) is 0 Å². The molecule has 0 spiro atoms. The lowest BCUT2D eigenvalue weighted by Gasteiger charge is -2.03. The summed E-state index contributed by atoms with van der Waals surface area (Å²) >= 11 is 1.38. The number of thiophene rings is 1. The van der Waals surface area contributed by atoms with E-state index in [1.807, 2.05) is 0 Å². The molecule has 0 saturated carbocycles. The van der Waals surface area contributed by atoms with Gasteiger partial charge in [-0.2, -0.15) is 0 Å². The van der Waals surface area contributed by atoms with Gasteiger partial charge in [0.2, 0.25) is 6.54 Å². The minimum Gasteiger partial charge on any atom is -0.381 e. The Balaban J connectivity index is 2.39. The zero-order valence-corrected chi connectivity index (χ0v) is 8.48. The summed E-state index contributed by atoms with van der Waals surface area (Å²) in [5, 5.41) is 22.4. The highest BCUT2D eigenvalue weighted by atomic mass is 32.1. The summed E-state index contributed by atoms with van der Waals surface area (Å²) in [6.45, 7) is -0.472. The molecule has 78 valence electrons. The van der Waals surface area contributed by atoms with E-state index in [2.05, 4.69) is 4.98 Å². The van der Waals surface area contributed by atoms with Gasteiger partial charge in [0, 0.05) is 22.1 Å². The highest BCUT2D eigenvalue weighted by Crippen LogP contribution is 2.28. The van der Waals surface area contributed by atoms with Crippen molar-refractivity contribution < 1.29 is 10.0 Å². The van der Waals surface area contributed by atoms with E-state index in [9.17, 15) is 15.2 Å². The summed E-state index contributed by atoms with van der Waals surface area (Å²) in [7, 11) is 0. The maximum Gasteiger partial charge on any atom is 0.233 e. The minimum atomic E-state index is -1.06. The van der Waals surface area contributed by atoms with Crippen molar-refractivity contribution in [3.63, 3.8) is 0 Å². The van der Waals surface area contributed by atoms with Crippen molar-refractivity contribution in [3.8, 4) is 0 Å². The van der Waals surface area contributed by atoms with Crippen LogP contribution in [0.3, 0.4) is 0 Å². The molecule has 5 nitrogen and oxygen atoms in total. The first-order valence-electron chi connectivity index (χ1n) is 4.30. The van der Waals surface area contributed by atoms with E-state index in [1.165, 1.54) is 11.3 Å². The quantitative estimate of drug-likeness (QED) is 0.634. The molecule has 0 bridgehead atoms. The molecule has 2 aromatic rings. The largest absolute Gasteiger partial charge is 0.381 e. The number of nitro groups is 1. The van der Waals surface area contributed by atoms with Crippen molar-refractivity contribution in [1.29, 1.82) is 0 Å². The molecule has 0 aromatic carbocycles. The van der Waals surface area contributed by atoms with Crippen molar-refractivity contribution >= 4 is 21.6 Å². The number of hydrogen-bond acceptors (Lipinski definition) is 5. The fourth-order valence-electron chi connectivity index (χ4n) is 1.38. The standard InChI is InChI=1S/C9H8N2O3S/c12-8(4-11(13)14)7-5-15-9-6(7)2-1-3-10-9/h1-3,5,8,12H,4H2. The van der Waals surface area contributed by atoms with Crippen LogP contribution in [-0.4, -0.2) is 21.6 Å². The first-order chi connectivity index (χ1) is 7.18. The SMILES string of the molecule is O=[N+]([O-])CC(O)c1csc2ncccc12. The summed E-state index contributed by atoms with van der Waals surface area (Å²) in [5.74, 6) is 0. The molecule has 0 aliphatic carbocycles. The zero-order valence-electron chi connectivity index (χ0n) is 7.66. The van der Waals surface area contributed by atoms with Gasteiger partial charge in [-0.3, -0.25) is 10.1 Å². The van der Waals surface area contributed by atoms with E-state index >= 15 is 0 Å². The fourth-order valence-corrected chi connectivity index (χ4v) is 2.34. The Morgan fingerprint density at radius 1 is 1.67 bits per heavy atom. The van der Waals surface area contributed by atoms with E-state index < -0.39 is 17.6 Å². The molecule has 2 heterocycles. The molecule has 1 atom stereocenters. The van der Waals surface area contributed by atoms with E-state index in [4.69, 9.17) is 0 Å². The minimum absolute atomic E-state index is 0.472. The summed E-state index contributed by atoms with van der Waals surface area (Å²) < 4.78 is 0. The molecule has 6 heteroatoms. The van der Waals surface area contributed by atoms with E-state index in [1.54, 1.807) is 23.7 Å². The van der Waals surface area contributed by atoms with Gasteiger partial charge in [0.15, 0.2) is 0 Å². The van der Waals surface area contributed by atoms with Crippen molar-refractivity contribution in [2.45, 2.75) is 6.10 Å². The summed E-state index contributed by atoms with van der Waals surface area (Å²) in [5.41, 5.74) is 0.583. The summed E-state index contributed by atoms with van der Waals surface area (Å²) in [4.78, 5) is 14.6. The van der Waals surface area contributed by atoms with Crippen molar-refractivity contribution in [3.05, 3.63) is 39.4 Å². The predicted molar refractivity (Wildman–Crippen MR) is 56.4 cm³/mol. The Bertz CT molecular complexity index is 497. The summed E-state index contributed by atoms with van der Waals surface area (Å²) in [6.07, 6.45) is 0.598. The van der Waals surface area contributed by atoms with Crippen LogP contribution in [-0.2, 0) is 0 Å². The molecule has 0 amide bonds. The highest BCUT2D eigenvalue weighted by molar-refractivity contribution is 7.16. The third-order valence-corrected chi connectivity index (χ3v) is 2.98. The van der Waals surface area contributed by atoms with Gasteiger partial charge in [0.05, 0.1) is 0 Å². The molecule has 0 aliphatic rings.